The van der Waals surface area contributed by atoms with Crippen molar-refractivity contribution in [2.75, 3.05) is 13.1 Å². The lowest BCUT2D eigenvalue weighted by Gasteiger charge is -2.33. The van der Waals surface area contributed by atoms with Crippen molar-refractivity contribution in [1.82, 2.24) is 14.5 Å². The molecule has 5 nitrogen and oxygen atoms in total. The fourth-order valence-corrected chi connectivity index (χ4v) is 4.65. The first-order valence-corrected chi connectivity index (χ1v) is 9.78. The van der Waals surface area contributed by atoms with Crippen LogP contribution in [-0.4, -0.2) is 44.4 Å². The molecule has 1 aliphatic carbocycles. The largest absolute Gasteiger partial charge is 0.406 e. The van der Waals surface area contributed by atoms with Gasteiger partial charge >= 0.3 is 6.18 Å². The molecule has 0 radical (unpaired) electrons. The van der Waals surface area contributed by atoms with E-state index in [0.717, 1.165) is 23.8 Å². The highest BCUT2D eigenvalue weighted by Crippen LogP contribution is 2.37. The van der Waals surface area contributed by atoms with E-state index >= 15 is 0 Å². The number of alkyl halides is 3. The van der Waals surface area contributed by atoms with Gasteiger partial charge in [-0.3, -0.25) is 14.3 Å². The minimum absolute atomic E-state index is 0.153. The van der Waals surface area contributed by atoms with Crippen LogP contribution < -0.4 is 5.56 Å². The fourth-order valence-electron chi connectivity index (χ4n) is 4.65. The second kappa shape index (κ2) is 7.15. The van der Waals surface area contributed by atoms with Crippen LogP contribution in [0.1, 0.15) is 50.4 Å². The first-order chi connectivity index (χ1) is 13.3. The van der Waals surface area contributed by atoms with Crippen LogP contribution in [0.4, 0.5) is 13.2 Å². The number of likely N-dealkylation sites (tertiary alicyclic amines) is 1. The smallest absolute Gasteiger partial charge is 0.389 e. The Morgan fingerprint density at radius 2 is 1.89 bits per heavy atom. The summed E-state index contributed by atoms with van der Waals surface area (Å²) in [5, 5.41) is 11.0. The zero-order valence-corrected chi connectivity index (χ0v) is 15.6. The summed E-state index contributed by atoms with van der Waals surface area (Å²) >= 11 is 0. The van der Waals surface area contributed by atoms with Crippen LogP contribution in [0.15, 0.2) is 29.1 Å². The van der Waals surface area contributed by atoms with E-state index in [1.54, 1.807) is 18.2 Å². The number of benzene rings is 1. The lowest BCUT2D eigenvalue weighted by Crippen LogP contribution is -2.42. The maximum Gasteiger partial charge on any atom is 0.406 e. The summed E-state index contributed by atoms with van der Waals surface area (Å²) in [6, 6.07) is 6.11. The van der Waals surface area contributed by atoms with Crippen LogP contribution in [0.2, 0.25) is 0 Å². The van der Waals surface area contributed by atoms with Crippen molar-refractivity contribution >= 4 is 10.9 Å². The van der Waals surface area contributed by atoms with Gasteiger partial charge in [-0.1, -0.05) is 25.0 Å². The van der Waals surface area contributed by atoms with E-state index < -0.39 is 29.9 Å². The maximum atomic E-state index is 13.2. The highest BCUT2D eigenvalue weighted by molar-refractivity contribution is 5.77. The molecule has 4 rings (SSSR count). The molecule has 1 saturated carbocycles. The number of nitrogens with zero attached hydrogens (tertiary/aromatic N) is 3. The number of aliphatic hydroxyl groups is 1. The van der Waals surface area contributed by atoms with Crippen molar-refractivity contribution < 1.29 is 18.3 Å². The standard InChI is InChI=1S/C20H24F3N3O2/c21-20(22,23)13-26-17(24-15-7-2-1-6-14(15)18(26)27)16-8-5-11-25(16)12-19(28)9-3-4-10-19/h1-2,6-7,16,28H,3-5,8-13H2. The third kappa shape index (κ3) is 3.80. The van der Waals surface area contributed by atoms with Gasteiger partial charge in [0.05, 0.1) is 22.5 Å². The van der Waals surface area contributed by atoms with Crippen LogP contribution in [0.3, 0.4) is 0 Å². The molecular weight excluding hydrogens is 371 g/mol. The Hall–Kier alpha value is -1.93. The van der Waals surface area contributed by atoms with Crippen LogP contribution in [0.5, 0.6) is 0 Å². The molecule has 0 spiro atoms. The summed E-state index contributed by atoms with van der Waals surface area (Å²) in [4.78, 5) is 19.4. The second-order valence-electron chi connectivity index (χ2n) is 8.05. The van der Waals surface area contributed by atoms with Gasteiger partial charge in [-0.05, 0) is 44.4 Å². The number of hydrogen-bond acceptors (Lipinski definition) is 4. The van der Waals surface area contributed by atoms with E-state index in [9.17, 15) is 23.1 Å². The molecule has 1 aromatic carbocycles. The third-order valence-electron chi connectivity index (χ3n) is 5.92. The highest BCUT2D eigenvalue weighted by atomic mass is 19.4. The third-order valence-corrected chi connectivity index (χ3v) is 5.92. The minimum atomic E-state index is -4.52. The Morgan fingerprint density at radius 3 is 2.61 bits per heavy atom. The van der Waals surface area contributed by atoms with Crippen LogP contribution >= 0.6 is 0 Å². The van der Waals surface area contributed by atoms with Crippen molar-refractivity contribution in [3.8, 4) is 0 Å². The molecule has 0 amide bonds. The summed E-state index contributed by atoms with van der Waals surface area (Å²) in [5.74, 6) is 0.153. The summed E-state index contributed by atoms with van der Waals surface area (Å²) < 4.78 is 40.5. The van der Waals surface area contributed by atoms with Gasteiger partial charge in [0.15, 0.2) is 0 Å². The lowest BCUT2D eigenvalue weighted by atomic mass is 10.0. The number of fused-ring (bicyclic) bond motifs is 1. The quantitative estimate of drug-likeness (QED) is 0.862. The van der Waals surface area contributed by atoms with E-state index in [1.807, 2.05) is 4.90 Å². The van der Waals surface area contributed by atoms with Gasteiger partial charge in [0.1, 0.15) is 12.4 Å². The van der Waals surface area contributed by atoms with Crippen LogP contribution in [0.25, 0.3) is 10.9 Å². The van der Waals surface area contributed by atoms with Gasteiger partial charge in [-0.15, -0.1) is 0 Å². The molecule has 2 heterocycles. The summed E-state index contributed by atoms with van der Waals surface area (Å²) in [6.45, 7) is -0.262. The summed E-state index contributed by atoms with van der Waals surface area (Å²) in [7, 11) is 0. The summed E-state index contributed by atoms with van der Waals surface area (Å²) in [6.07, 6.45) is 0.238. The highest BCUT2D eigenvalue weighted by Gasteiger charge is 2.40. The number of rotatable bonds is 4. The monoisotopic (exact) mass is 395 g/mol. The van der Waals surface area contributed by atoms with E-state index in [4.69, 9.17) is 0 Å². The summed E-state index contributed by atoms with van der Waals surface area (Å²) in [5.41, 5.74) is -1.05. The average molecular weight is 395 g/mol. The molecule has 0 bridgehead atoms. The number of hydrogen-bond donors (Lipinski definition) is 1. The zero-order valence-electron chi connectivity index (χ0n) is 15.6. The predicted molar refractivity (Wildman–Crippen MR) is 99.0 cm³/mol. The van der Waals surface area contributed by atoms with Crippen molar-refractivity contribution in [2.24, 2.45) is 0 Å². The van der Waals surface area contributed by atoms with Crippen LogP contribution in [-0.2, 0) is 6.54 Å². The zero-order chi connectivity index (χ0) is 19.9. The predicted octanol–water partition coefficient (Wildman–Crippen LogP) is 3.40. The molecule has 2 aromatic rings. The van der Waals surface area contributed by atoms with Gasteiger partial charge in [0.25, 0.3) is 5.56 Å². The fraction of sp³-hybridized carbons (Fsp3) is 0.600. The first kappa shape index (κ1) is 19.4. The topological polar surface area (TPSA) is 58.4 Å². The van der Waals surface area contributed by atoms with Gasteiger partial charge in [-0.2, -0.15) is 13.2 Å². The second-order valence-corrected chi connectivity index (χ2v) is 8.05. The Bertz CT molecular complexity index is 919. The minimum Gasteiger partial charge on any atom is -0.389 e. The number of β-amino-alcohol motifs (C(OH)–C–C–N with tert-alkyl or cyclic N) is 1. The number of aromatic nitrogens is 2. The molecule has 1 atom stereocenters. The van der Waals surface area contributed by atoms with Gasteiger partial charge in [0, 0.05) is 6.54 Å². The molecule has 2 aliphatic rings. The molecule has 1 saturated heterocycles. The molecule has 1 N–H and O–H groups in total. The Balaban J connectivity index is 1.77. The lowest BCUT2D eigenvalue weighted by molar-refractivity contribution is -0.142. The van der Waals surface area contributed by atoms with Gasteiger partial charge in [0.2, 0.25) is 0 Å². The SMILES string of the molecule is O=c1c2ccccc2nc(C2CCCN2CC2(O)CCCC2)n1CC(F)(F)F. The van der Waals surface area contributed by atoms with Crippen molar-refractivity contribution in [1.29, 1.82) is 0 Å². The first-order valence-electron chi connectivity index (χ1n) is 9.78. The molecule has 8 heteroatoms. The Labute approximate surface area is 160 Å². The van der Waals surface area contributed by atoms with Crippen molar-refractivity contribution in [3.63, 3.8) is 0 Å². The van der Waals surface area contributed by atoms with Crippen molar-refractivity contribution in [2.45, 2.75) is 62.9 Å². The Kier molecular flexibility index (Phi) is 4.95. The molecular formula is C20H24F3N3O2. The van der Waals surface area contributed by atoms with E-state index in [0.29, 0.717) is 37.9 Å². The molecule has 1 aliphatic heterocycles. The molecule has 2 fully saturated rings. The van der Waals surface area contributed by atoms with E-state index in [2.05, 4.69) is 4.98 Å². The maximum absolute atomic E-state index is 13.2. The number of halogens is 3. The molecule has 28 heavy (non-hydrogen) atoms. The van der Waals surface area contributed by atoms with Gasteiger partial charge < -0.3 is 5.11 Å². The average Bonchev–Trinajstić information content (AvgIpc) is 3.26. The molecule has 1 aromatic heterocycles. The normalized spacial score (nSPS) is 22.9. The molecule has 1 unspecified atom stereocenters. The van der Waals surface area contributed by atoms with E-state index in [-0.39, 0.29) is 11.2 Å². The van der Waals surface area contributed by atoms with Crippen molar-refractivity contribution in [3.05, 3.63) is 40.4 Å². The van der Waals surface area contributed by atoms with Gasteiger partial charge in [-0.25, -0.2) is 4.98 Å². The Morgan fingerprint density at radius 1 is 1.18 bits per heavy atom. The molecule has 152 valence electrons. The number of para-hydroxylation sites is 1. The van der Waals surface area contributed by atoms with Crippen LogP contribution in [0, 0.1) is 0 Å². The van der Waals surface area contributed by atoms with E-state index in [1.165, 1.54) is 6.07 Å².